The third-order valence-corrected chi connectivity index (χ3v) is 3.20. The third kappa shape index (κ3) is 2.43. The summed E-state index contributed by atoms with van der Waals surface area (Å²) in [5.74, 6) is 0.826. The molecule has 2 aromatic carbocycles. The Morgan fingerprint density at radius 2 is 1.37 bits per heavy atom. The summed E-state index contributed by atoms with van der Waals surface area (Å²) in [6, 6.07) is 20.8. The van der Waals surface area contributed by atoms with Gasteiger partial charge < -0.3 is 4.42 Å². The van der Waals surface area contributed by atoms with Crippen molar-refractivity contribution in [2.75, 3.05) is 0 Å². The second kappa shape index (κ2) is 5.11. The van der Waals surface area contributed by atoms with Crippen molar-refractivity contribution in [2.45, 2.75) is 12.8 Å². The molecule has 1 heterocycles. The molecule has 3 rings (SSSR count). The lowest BCUT2D eigenvalue weighted by Crippen LogP contribution is -2.03. The van der Waals surface area contributed by atoms with Gasteiger partial charge in [-0.2, -0.15) is 0 Å². The predicted octanol–water partition coefficient (Wildman–Crippen LogP) is 4.16. The van der Waals surface area contributed by atoms with Gasteiger partial charge in [-0.25, -0.2) is 4.98 Å². The minimum Gasteiger partial charge on any atom is -0.449 e. The maximum Gasteiger partial charge on any atom is 0.191 e. The molecule has 0 unspecified atom stereocenters. The van der Waals surface area contributed by atoms with Gasteiger partial charge in [0.2, 0.25) is 0 Å². The van der Waals surface area contributed by atoms with Crippen molar-refractivity contribution in [3.63, 3.8) is 0 Å². The molecule has 0 radical (unpaired) electrons. The fraction of sp³-hybridized carbons (Fsp3) is 0.118. The molecule has 0 aliphatic carbocycles. The lowest BCUT2D eigenvalue weighted by Gasteiger charge is -2.15. The highest BCUT2D eigenvalue weighted by atomic mass is 16.3. The molecule has 0 fully saturated rings. The molecule has 0 bridgehead atoms. The van der Waals surface area contributed by atoms with E-state index in [9.17, 15) is 0 Å². The summed E-state index contributed by atoms with van der Waals surface area (Å²) in [4.78, 5) is 4.50. The second-order valence-corrected chi connectivity index (χ2v) is 4.55. The number of oxazole rings is 1. The van der Waals surface area contributed by atoms with E-state index in [1.165, 1.54) is 11.1 Å². The fourth-order valence-electron chi connectivity index (χ4n) is 2.34. The van der Waals surface area contributed by atoms with Crippen LogP contribution in [0.4, 0.5) is 0 Å². The van der Waals surface area contributed by atoms with Crippen molar-refractivity contribution < 1.29 is 4.42 Å². The Kier molecular flexibility index (Phi) is 3.15. The van der Waals surface area contributed by atoms with Gasteiger partial charge in [0.05, 0.1) is 11.6 Å². The zero-order chi connectivity index (χ0) is 13.1. The predicted molar refractivity (Wildman–Crippen MR) is 75.1 cm³/mol. The number of nitrogens with zero attached hydrogens (tertiary/aromatic N) is 1. The molecule has 0 aliphatic rings. The van der Waals surface area contributed by atoms with E-state index in [1.54, 1.807) is 6.26 Å². The molecule has 0 N–H and O–H groups in total. The quantitative estimate of drug-likeness (QED) is 0.696. The van der Waals surface area contributed by atoms with E-state index in [0.717, 1.165) is 5.69 Å². The molecule has 0 saturated heterocycles. The number of hydrogen-bond acceptors (Lipinski definition) is 2. The first-order valence-electron chi connectivity index (χ1n) is 6.36. The minimum atomic E-state index is 0.125. The Morgan fingerprint density at radius 3 is 1.79 bits per heavy atom. The number of benzene rings is 2. The maximum absolute atomic E-state index is 5.38. The summed E-state index contributed by atoms with van der Waals surface area (Å²) in [5.41, 5.74) is 3.40. The average molecular weight is 249 g/mol. The van der Waals surface area contributed by atoms with Crippen LogP contribution in [0.15, 0.2) is 71.3 Å². The Hall–Kier alpha value is -2.35. The van der Waals surface area contributed by atoms with Crippen molar-refractivity contribution in [1.82, 2.24) is 4.98 Å². The highest BCUT2D eigenvalue weighted by Crippen LogP contribution is 2.30. The molecule has 0 spiro atoms. The first kappa shape index (κ1) is 11.7. The van der Waals surface area contributed by atoms with Crippen LogP contribution < -0.4 is 0 Å². The molecule has 0 aliphatic heterocycles. The van der Waals surface area contributed by atoms with E-state index in [4.69, 9.17) is 4.42 Å². The van der Waals surface area contributed by atoms with Crippen LogP contribution in [0.1, 0.15) is 28.6 Å². The van der Waals surface area contributed by atoms with Crippen LogP contribution in [0.2, 0.25) is 0 Å². The smallest absolute Gasteiger partial charge is 0.191 e. The molecular formula is C17H15NO. The molecule has 19 heavy (non-hydrogen) atoms. The van der Waals surface area contributed by atoms with Crippen molar-refractivity contribution in [1.29, 1.82) is 0 Å². The van der Waals surface area contributed by atoms with Gasteiger partial charge in [-0.05, 0) is 11.1 Å². The van der Waals surface area contributed by atoms with Crippen molar-refractivity contribution >= 4 is 0 Å². The van der Waals surface area contributed by atoms with E-state index in [0.29, 0.717) is 5.89 Å². The van der Waals surface area contributed by atoms with Crippen LogP contribution in [0.5, 0.6) is 0 Å². The standard InChI is InChI=1S/C17H15NO/c1-13-18-16(12-19-13)17(14-8-4-2-5-9-14)15-10-6-3-7-11-15/h2-12,17H,1H3. The molecule has 2 nitrogen and oxygen atoms in total. The zero-order valence-corrected chi connectivity index (χ0v) is 10.8. The highest BCUT2D eigenvalue weighted by molar-refractivity contribution is 5.39. The summed E-state index contributed by atoms with van der Waals surface area (Å²) < 4.78 is 5.38. The van der Waals surface area contributed by atoms with Crippen LogP contribution in [0, 0.1) is 6.92 Å². The molecule has 0 amide bonds. The van der Waals surface area contributed by atoms with Crippen LogP contribution in [0.3, 0.4) is 0 Å². The summed E-state index contributed by atoms with van der Waals surface area (Å²) in [5, 5.41) is 0. The fourth-order valence-corrected chi connectivity index (χ4v) is 2.34. The number of aryl methyl sites for hydroxylation is 1. The first-order chi connectivity index (χ1) is 9.34. The molecular weight excluding hydrogens is 234 g/mol. The Balaban J connectivity index is 2.11. The first-order valence-corrected chi connectivity index (χ1v) is 6.36. The summed E-state index contributed by atoms with van der Waals surface area (Å²) in [7, 11) is 0. The van der Waals surface area contributed by atoms with E-state index < -0.39 is 0 Å². The van der Waals surface area contributed by atoms with Gasteiger partial charge in [0.25, 0.3) is 0 Å². The monoisotopic (exact) mass is 249 g/mol. The van der Waals surface area contributed by atoms with Crippen molar-refractivity contribution in [3.8, 4) is 0 Å². The average Bonchev–Trinajstić information content (AvgIpc) is 2.88. The van der Waals surface area contributed by atoms with Gasteiger partial charge >= 0.3 is 0 Å². The van der Waals surface area contributed by atoms with Crippen molar-refractivity contribution in [3.05, 3.63) is 89.6 Å². The number of rotatable bonds is 3. The van der Waals surface area contributed by atoms with Crippen LogP contribution in [-0.4, -0.2) is 4.98 Å². The molecule has 0 saturated carbocycles. The van der Waals surface area contributed by atoms with Gasteiger partial charge in [0.15, 0.2) is 5.89 Å². The Bertz CT molecular complexity index is 604. The number of aromatic nitrogens is 1. The Morgan fingerprint density at radius 1 is 0.842 bits per heavy atom. The summed E-state index contributed by atoms with van der Waals surface area (Å²) in [6.45, 7) is 1.87. The zero-order valence-electron chi connectivity index (χ0n) is 10.8. The molecule has 94 valence electrons. The lowest BCUT2D eigenvalue weighted by molar-refractivity contribution is 0.520. The lowest BCUT2D eigenvalue weighted by atomic mass is 9.89. The van der Waals surface area contributed by atoms with Crippen molar-refractivity contribution in [2.24, 2.45) is 0 Å². The van der Waals surface area contributed by atoms with Gasteiger partial charge in [-0.3, -0.25) is 0 Å². The Labute approximate surface area is 112 Å². The van der Waals surface area contributed by atoms with Gasteiger partial charge in [0.1, 0.15) is 6.26 Å². The van der Waals surface area contributed by atoms with Crippen LogP contribution in [-0.2, 0) is 0 Å². The van der Waals surface area contributed by atoms with Crippen LogP contribution in [0.25, 0.3) is 0 Å². The minimum absolute atomic E-state index is 0.125. The van der Waals surface area contributed by atoms with Gasteiger partial charge in [-0.15, -0.1) is 0 Å². The normalized spacial score (nSPS) is 10.8. The second-order valence-electron chi connectivity index (χ2n) is 4.55. The molecule has 0 atom stereocenters. The maximum atomic E-state index is 5.38. The molecule has 1 aromatic heterocycles. The molecule has 3 aromatic rings. The molecule has 2 heteroatoms. The third-order valence-electron chi connectivity index (χ3n) is 3.20. The summed E-state index contributed by atoms with van der Waals surface area (Å²) >= 11 is 0. The van der Waals surface area contributed by atoms with Crippen LogP contribution >= 0.6 is 0 Å². The highest BCUT2D eigenvalue weighted by Gasteiger charge is 2.19. The van der Waals surface area contributed by atoms with Gasteiger partial charge in [-0.1, -0.05) is 60.7 Å². The van der Waals surface area contributed by atoms with E-state index in [1.807, 2.05) is 19.1 Å². The number of hydrogen-bond donors (Lipinski definition) is 0. The summed E-state index contributed by atoms with van der Waals surface area (Å²) in [6.07, 6.45) is 1.75. The van der Waals surface area contributed by atoms with E-state index >= 15 is 0 Å². The topological polar surface area (TPSA) is 26.0 Å². The van der Waals surface area contributed by atoms with E-state index in [2.05, 4.69) is 53.5 Å². The largest absolute Gasteiger partial charge is 0.449 e. The SMILES string of the molecule is Cc1nc(C(c2ccccc2)c2ccccc2)co1. The van der Waals surface area contributed by atoms with E-state index in [-0.39, 0.29) is 5.92 Å². The van der Waals surface area contributed by atoms with Gasteiger partial charge in [0, 0.05) is 6.92 Å².